The van der Waals surface area contributed by atoms with E-state index in [9.17, 15) is 19.8 Å². The average Bonchev–Trinajstić information content (AvgIpc) is 2.43. The summed E-state index contributed by atoms with van der Waals surface area (Å²) in [6.07, 6.45) is -0.753. The second-order valence-electron chi connectivity index (χ2n) is 7.45. The molecule has 0 aromatic heterocycles. The first-order valence-corrected chi connectivity index (χ1v) is 8.70. The fraction of sp³-hybridized carbons (Fsp3) is 0.882. The molecule has 0 heterocycles. The summed E-state index contributed by atoms with van der Waals surface area (Å²) in [7, 11) is 1.49. The van der Waals surface area contributed by atoms with Crippen LogP contribution >= 0.6 is 0 Å². The molecule has 3 amide bonds. The maximum absolute atomic E-state index is 12.2. The molecule has 1 atom stereocenters. The molecule has 8 heteroatoms. The number of aliphatic hydroxyl groups is 1. The van der Waals surface area contributed by atoms with Crippen LogP contribution in [0.5, 0.6) is 0 Å². The third-order valence-electron chi connectivity index (χ3n) is 3.58. The maximum Gasteiger partial charge on any atom is 0.317 e. The minimum atomic E-state index is -1.20. The number of amides is 3. The first-order valence-electron chi connectivity index (χ1n) is 8.70. The van der Waals surface area contributed by atoms with Crippen LogP contribution in [0.2, 0.25) is 0 Å². The first-order chi connectivity index (χ1) is 11.5. The molecule has 25 heavy (non-hydrogen) atoms. The molecule has 0 unspecified atom stereocenters. The number of nitrogens with one attached hydrogen (secondary N) is 1. The van der Waals surface area contributed by atoms with E-state index in [1.165, 1.54) is 16.9 Å². The summed E-state index contributed by atoms with van der Waals surface area (Å²) in [6, 6.07) is -0.262. The molecular formula is C17H34N3O5-. The molecule has 148 valence electrons. The Morgan fingerprint density at radius 2 is 1.76 bits per heavy atom. The van der Waals surface area contributed by atoms with Crippen molar-refractivity contribution in [2.75, 3.05) is 33.4 Å². The number of hydrogen-bond acceptors (Lipinski definition) is 5. The highest BCUT2D eigenvalue weighted by Gasteiger charge is 2.21. The summed E-state index contributed by atoms with van der Waals surface area (Å²) >= 11 is 0. The van der Waals surface area contributed by atoms with Gasteiger partial charge in [0, 0.05) is 31.8 Å². The molecule has 0 aromatic rings. The standard InChI is InChI=1S/C17H35N3O5/c1-13(2)18-15(22)19(11-14(21)12-25-6)9-7-8-10-20(16(23)24)17(3,4)5/h13-14,21H,7-12H2,1-6H3,(H,18,22)(H,23,24)/p-1/t14-/m0/s1. The highest BCUT2D eigenvalue weighted by atomic mass is 16.5. The van der Waals surface area contributed by atoms with Crippen molar-refractivity contribution < 1.29 is 24.5 Å². The zero-order valence-corrected chi connectivity index (χ0v) is 16.4. The number of ether oxygens (including phenoxy) is 1. The van der Waals surface area contributed by atoms with Crippen LogP contribution in [0.15, 0.2) is 0 Å². The quantitative estimate of drug-likeness (QED) is 0.556. The average molecular weight is 360 g/mol. The van der Waals surface area contributed by atoms with Crippen molar-refractivity contribution >= 4 is 12.1 Å². The largest absolute Gasteiger partial charge is 0.530 e. The Labute approximate surface area is 151 Å². The van der Waals surface area contributed by atoms with E-state index in [1.807, 2.05) is 34.6 Å². The fourth-order valence-corrected chi connectivity index (χ4v) is 2.39. The SMILES string of the molecule is COC[C@@H](O)CN(CCCCN(C(=O)[O-])C(C)(C)C)C(=O)NC(C)C. The van der Waals surface area contributed by atoms with Gasteiger partial charge in [0.2, 0.25) is 0 Å². The first kappa shape index (κ1) is 23.5. The number of rotatable bonds is 10. The topological polar surface area (TPSA) is 105 Å². The highest BCUT2D eigenvalue weighted by molar-refractivity contribution is 5.74. The molecule has 2 N–H and O–H groups in total. The number of carboxylic acid groups (broad SMARTS) is 1. The van der Waals surface area contributed by atoms with Crippen molar-refractivity contribution in [3.05, 3.63) is 0 Å². The summed E-state index contributed by atoms with van der Waals surface area (Å²) < 4.78 is 4.90. The Bertz CT molecular complexity index is 410. The maximum atomic E-state index is 12.2. The monoisotopic (exact) mass is 360 g/mol. The Morgan fingerprint density at radius 1 is 1.20 bits per heavy atom. The van der Waals surface area contributed by atoms with Crippen LogP contribution in [-0.4, -0.2) is 78.1 Å². The molecule has 0 rings (SSSR count). The Balaban J connectivity index is 4.60. The number of aliphatic hydroxyl groups excluding tert-OH is 1. The molecule has 0 aliphatic heterocycles. The van der Waals surface area contributed by atoms with Crippen LogP contribution in [0.25, 0.3) is 0 Å². The van der Waals surface area contributed by atoms with Gasteiger partial charge in [-0.25, -0.2) is 4.79 Å². The zero-order valence-electron chi connectivity index (χ0n) is 16.4. The van der Waals surface area contributed by atoms with E-state index >= 15 is 0 Å². The molecule has 0 spiro atoms. The summed E-state index contributed by atoms with van der Waals surface area (Å²) in [5, 5.41) is 23.9. The van der Waals surface area contributed by atoms with E-state index in [0.717, 1.165) is 0 Å². The van der Waals surface area contributed by atoms with Crippen LogP contribution in [0.3, 0.4) is 0 Å². The zero-order chi connectivity index (χ0) is 19.6. The van der Waals surface area contributed by atoms with Gasteiger partial charge < -0.3 is 34.9 Å². The van der Waals surface area contributed by atoms with E-state index in [0.29, 0.717) is 25.9 Å². The van der Waals surface area contributed by atoms with E-state index < -0.39 is 17.7 Å². The lowest BCUT2D eigenvalue weighted by molar-refractivity contribution is -0.270. The molecule has 0 aliphatic rings. The van der Waals surface area contributed by atoms with Crippen LogP contribution in [-0.2, 0) is 4.74 Å². The third kappa shape index (κ3) is 10.1. The molecule has 0 saturated carbocycles. The molecule has 0 fully saturated rings. The lowest BCUT2D eigenvalue weighted by Crippen LogP contribution is -2.52. The van der Waals surface area contributed by atoms with Gasteiger partial charge in [-0.2, -0.15) is 0 Å². The molecule has 0 radical (unpaired) electrons. The van der Waals surface area contributed by atoms with Crippen LogP contribution < -0.4 is 10.4 Å². The minimum absolute atomic E-state index is 0.0102. The highest BCUT2D eigenvalue weighted by Crippen LogP contribution is 2.13. The molecular weight excluding hydrogens is 326 g/mol. The molecule has 0 aliphatic carbocycles. The van der Waals surface area contributed by atoms with Crippen LogP contribution in [0.4, 0.5) is 9.59 Å². The molecule has 8 nitrogen and oxygen atoms in total. The van der Waals surface area contributed by atoms with Gasteiger partial charge in [0.15, 0.2) is 0 Å². The predicted octanol–water partition coefficient (Wildman–Crippen LogP) is 0.638. The molecule has 0 bridgehead atoms. The van der Waals surface area contributed by atoms with E-state index in [1.54, 1.807) is 0 Å². The number of nitrogens with zero attached hydrogens (tertiary/aromatic N) is 2. The molecule has 0 saturated heterocycles. The summed E-state index contributed by atoms with van der Waals surface area (Å²) in [5.41, 5.74) is -0.526. The number of hydrogen-bond donors (Lipinski definition) is 2. The van der Waals surface area contributed by atoms with Gasteiger partial charge in [0.05, 0.1) is 19.3 Å². The van der Waals surface area contributed by atoms with E-state index in [-0.39, 0.29) is 25.2 Å². The van der Waals surface area contributed by atoms with Gasteiger partial charge in [-0.05, 0) is 47.5 Å². The van der Waals surface area contributed by atoms with Gasteiger partial charge in [-0.15, -0.1) is 0 Å². The smallest absolute Gasteiger partial charge is 0.317 e. The number of unbranched alkanes of at least 4 members (excludes halogenated alkanes) is 1. The van der Waals surface area contributed by atoms with Crippen LogP contribution in [0, 0.1) is 0 Å². The Morgan fingerprint density at radius 3 is 2.20 bits per heavy atom. The third-order valence-corrected chi connectivity index (χ3v) is 3.58. The summed E-state index contributed by atoms with van der Waals surface area (Å²) in [4.78, 5) is 26.3. The number of methoxy groups -OCH3 is 1. The Hall–Kier alpha value is -1.54. The number of carbonyl (C=O) groups excluding carboxylic acids is 2. The van der Waals surface area contributed by atoms with Crippen molar-refractivity contribution in [3.63, 3.8) is 0 Å². The van der Waals surface area contributed by atoms with Gasteiger partial charge in [0.1, 0.15) is 6.09 Å². The lowest BCUT2D eigenvalue weighted by atomic mass is 10.1. The number of urea groups is 1. The second-order valence-corrected chi connectivity index (χ2v) is 7.45. The van der Waals surface area contributed by atoms with Crippen molar-refractivity contribution in [2.24, 2.45) is 0 Å². The normalized spacial score (nSPS) is 12.8. The summed E-state index contributed by atoms with van der Waals surface area (Å²) in [5.74, 6) is 0. The number of carbonyl (C=O) groups is 2. The van der Waals surface area contributed by atoms with Gasteiger partial charge in [-0.1, -0.05) is 0 Å². The van der Waals surface area contributed by atoms with Crippen molar-refractivity contribution in [3.8, 4) is 0 Å². The van der Waals surface area contributed by atoms with Gasteiger partial charge in [-0.3, -0.25) is 0 Å². The van der Waals surface area contributed by atoms with E-state index in [4.69, 9.17) is 4.74 Å². The van der Waals surface area contributed by atoms with Crippen LogP contribution in [0.1, 0.15) is 47.5 Å². The van der Waals surface area contributed by atoms with E-state index in [2.05, 4.69) is 5.32 Å². The predicted molar refractivity (Wildman–Crippen MR) is 94.2 cm³/mol. The minimum Gasteiger partial charge on any atom is -0.530 e. The lowest BCUT2D eigenvalue weighted by Gasteiger charge is -2.38. The molecule has 0 aromatic carbocycles. The summed E-state index contributed by atoms with van der Waals surface area (Å²) in [6.45, 7) is 10.2. The van der Waals surface area contributed by atoms with Gasteiger partial charge >= 0.3 is 6.03 Å². The fourth-order valence-electron chi connectivity index (χ4n) is 2.39. The second kappa shape index (κ2) is 11.1. The Kier molecular flexibility index (Phi) is 10.5. The van der Waals surface area contributed by atoms with Crippen molar-refractivity contribution in [1.82, 2.24) is 15.1 Å². The van der Waals surface area contributed by atoms with Crippen molar-refractivity contribution in [2.45, 2.75) is 65.1 Å². The van der Waals surface area contributed by atoms with Crippen molar-refractivity contribution in [1.29, 1.82) is 0 Å². The van der Waals surface area contributed by atoms with Gasteiger partial charge in [0.25, 0.3) is 0 Å².